The minimum atomic E-state index is -0.199. The van der Waals surface area contributed by atoms with Gasteiger partial charge in [0.05, 0.1) is 10.0 Å². The summed E-state index contributed by atoms with van der Waals surface area (Å²) in [6, 6.07) is 9.40. The lowest BCUT2D eigenvalue weighted by molar-refractivity contribution is 0.474. The molecule has 0 saturated heterocycles. The molecule has 0 aliphatic carbocycles. The van der Waals surface area contributed by atoms with Crippen LogP contribution in [0.2, 0.25) is 10.0 Å². The molecule has 0 fully saturated rings. The topological polar surface area (TPSA) is 79.4 Å². The van der Waals surface area contributed by atoms with Gasteiger partial charge in [-0.3, -0.25) is 0 Å². The van der Waals surface area contributed by atoms with Gasteiger partial charge in [0.25, 0.3) is 0 Å². The van der Waals surface area contributed by atoms with Gasteiger partial charge in [0, 0.05) is 11.1 Å². The smallest absolute Gasteiger partial charge is 0.248 e. The van der Waals surface area contributed by atoms with Crippen molar-refractivity contribution in [2.24, 2.45) is 0 Å². The van der Waals surface area contributed by atoms with E-state index in [0.717, 1.165) is 0 Å². The highest BCUT2D eigenvalue weighted by Gasteiger charge is 2.14. The van der Waals surface area contributed by atoms with Gasteiger partial charge in [-0.2, -0.15) is 0 Å². The molecule has 106 valence electrons. The molecule has 2 N–H and O–H groups in total. The maximum atomic E-state index is 9.53. The third-order valence-electron chi connectivity index (χ3n) is 2.78. The van der Waals surface area contributed by atoms with Crippen molar-refractivity contribution in [3.8, 4) is 34.4 Å². The zero-order valence-corrected chi connectivity index (χ0v) is 11.9. The molecule has 1 heterocycles. The molecule has 0 aliphatic heterocycles. The predicted molar refractivity (Wildman–Crippen MR) is 78.5 cm³/mol. The van der Waals surface area contributed by atoms with Gasteiger partial charge in [-0.05, 0) is 30.3 Å². The van der Waals surface area contributed by atoms with Gasteiger partial charge >= 0.3 is 0 Å². The van der Waals surface area contributed by atoms with Crippen LogP contribution in [0.1, 0.15) is 0 Å². The number of hydrogen-bond donors (Lipinski definition) is 2. The van der Waals surface area contributed by atoms with Crippen molar-refractivity contribution in [2.45, 2.75) is 0 Å². The summed E-state index contributed by atoms with van der Waals surface area (Å²) in [4.78, 5) is 0. The van der Waals surface area contributed by atoms with E-state index < -0.39 is 0 Å². The van der Waals surface area contributed by atoms with Gasteiger partial charge in [0.1, 0.15) is 5.75 Å². The van der Waals surface area contributed by atoms with Gasteiger partial charge in [-0.15, -0.1) is 10.2 Å². The van der Waals surface area contributed by atoms with Crippen molar-refractivity contribution < 1.29 is 14.6 Å². The fraction of sp³-hybridized carbons (Fsp3) is 0. The molecule has 3 rings (SSSR count). The van der Waals surface area contributed by atoms with Gasteiger partial charge in [-0.25, -0.2) is 0 Å². The molecule has 7 heteroatoms. The first-order valence-corrected chi connectivity index (χ1v) is 6.61. The monoisotopic (exact) mass is 322 g/mol. The molecule has 0 amide bonds. The zero-order valence-electron chi connectivity index (χ0n) is 10.4. The first-order valence-electron chi connectivity index (χ1n) is 5.86. The molecule has 0 aliphatic rings. The lowest BCUT2D eigenvalue weighted by Crippen LogP contribution is -1.80. The molecule has 0 saturated carbocycles. The molecular weight excluding hydrogens is 315 g/mol. The molecule has 2 aromatic carbocycles. The van der Waals surface area contributed by atoms with Crippen LogP contribution in [0.3, 0.4) is 0 Å². The summed E-state index contributed by atoms with van der Waals surface area (Å²) in [5.41, 5.74) is 1.08. The van der Waals surface area contributed by atoms with Crippen LogP contribution in [0.5, 0.6) is 11.5 Å². The minimum Gasteiger partial charge on any atom is -0.508 e. The average molecular weight is 323 g/mol. The highest BCUT2D eigenvalue weighted by Crippen LogP contribution is 2.36. The Bertz CT molecular complexity index is 794. The van der Waals surface area contributed by atoms with E-state index in [0.29, 0.717) is 11.1 Å². The number of halogens is 2. The fourth-order valence-electron chi connectivity index (χ4n) is 1.78. The Balaban J connectivity index is 2.02. The highest BCUT2D eigenvalue weighted by molar-refractivity contribution is 6.37. The molecule has 3 aromatic rings. The zero-order chi connectivity index (χ0) is 15.0. The lowest BCUT2D eigenvalue weighted by Gasteiger charge is -2.01. The SMILES string of the molecule is Oc1cccc(-c2nnc(-c3cc(Cl)c(O)c(Cl)c3)o2)c1. The van der Waals surface area contributed by atoms with E-state index in [1.54, 1.807) is 18.2 Å². The number of phenolic OH excluding ortho intramolecular Hbond substituents is 2. The summed E-state index contributed by atoms with van der Waals surface area (Å²) in [6.45, 7) is 0. The summed E-state index contributed by atoms with van der Waals surface area (Å²) >= 11 is 11.7. The number of aromatic nitrogens is 2. The van der Waals surface area contributed by atoms with Gasteiger partial charge < -0.3 is 14.6 Å². The number of phenols is 2. The largest absolute Gasteiger partial charge is 0.508 e. The summed E-state index contributed by atoms with van der Waals surface area (Å²) in [5.74, 6) is 0.358. The molecule has 5 nitrogen and oxygen atoms in total. The molecule has 0 unspecified atom stereocenters. The van der Waals surface area contributed by atoms with Crippen LogP contribution < -0.4 is 0 Å². The average Bonchev–Trinajstić information content (AvgIpc) is 2.94. The molecular formula is C14H8Cl2N2O3. The summed E-state index contributed by atoms with van der Waals surface area (Å²) in [6.07, 6.45) is 0. The van der Waals surface area contributed by atoms with Gasteiger partial charge in [0.2, 0.25) is 11.8 Å². The van der Waals surface area contributed by atoms with Crippen LogP contribution in [0.15, 0.2) is 40.8 Å². The first kappa shape index (κ1) is 13.7. The van der Waals surface area contributed by atoms with Crippen molar-refractivity contribution in [1.82, 2.24) is 10.2 Å². The van der Waals surface area contributed by atoms with E-state index in [1.807, 2.05) is 0 Å². The maximum absolute atomic E-state index is 9.53. The van der Waals surface area contributed by atoms with Crippen molar-refractivity contribution in [2.75, 3.05) is 0 Å². The van der Waals surface area contributed by atoms with Crippen molar-refractivity contribution in [3.05, 3.63) is 46.4 Å². The Morgan fingerprint density at radius 1 is 0.857 bits per heavy atom. The Kier molecular flexibility index (Phi) is 3.45. The second-order valence-electron chi connectivity index (χ2n) is 4.25. The number of benzene rings is 2. The third-order valence-corrected chi connectivity index (χ3v) is 3.36. The lowest BCUT2D eigenvalue weighted by atomic mass is 10.2. The molecule has 0 radical (unpaired) electrons. The van der Waals surface area contributed by atoms with Gasteiger partial charge in [-0.1, -0.05) is 29.3 Å². The second-order valence-corrected chi connectivity index (χ2v) is 5.07. The van der Waals surface area contributed by atoms with Crippen molar-refractivity contribution in [1.29, 1.82) is 0 Å². The molecule has 0 spiro atoms. The van der Waals surface area contributed by atoms with Crippen LogP contribution in [0, 0.1) is 0 Å². The van der Waals surface area contributed by atoms with Crippen LogP contribution in [0.25, 0.3) is 22.9 Å². The number of hydrogen-bond acceptors (Lipinski definition) is 5. The Morgan fingerprint density at radius 2 is 1.48 bits per heavy atom. The second kappa shape index (κ2) is 5.27. The highest BCUT2D eigenvalue weighted by atomic mass is 35.5. The van der Waals surface area contributed by atoms with E-state index in [1.165, 1.54) is 18.2 Å². The minimum absolute atomic E-state index is 0.0922. The van der Waals surface area contributed by atoms with Crippen LogP contribution >= 0.6 is 23.2 Å². The number of aromatic hydroxyl groups is 2. The Labute approximate surface area is 129 Å². The van der Waals surface area contributed by atoms with Crippen molar-refractivity contribution >= 4 is 23.2 Å². The molecule has 1 aromatic heterocycles. The Hall–Kier alpha value is -2.24. The molecule has 0 bridgehead atoms. The standard InChI is InChI=1S/C14H8Cl2N2O3/c15-10-5-8(6-11(16)12(10)20)14-18-17-13(21-14)7-2-1-3-9(19)4-7/h1-6,19-20H. The summed E-state index contributed by atoms with van der Waals surface area (Å²) in [7, 11) is 0. The van der Waals surface area contributed by atoms with Gasteiger partial charge in [0.15, 0.2) is 5.75 Å². The maximum Gasteiger partial charge on any atom is 0.248 e. The first-order chi connectivity index (χ1) is 10.0. The number of nitrogens with zero attached hydrogens (tertiary/aromatic N) is 2. The van der Waals surface area contributed by atoms with E-state index >= 15 is 0 Å². The van der Waals surface area contributed by atoms with Crippen LogP contribution in [-0.2, 0) is 0 Å². The van der Waals surface area contributed by atoms with Crippen LogP contribution in [-0.4, -0.2) is 20.4 Å². The number of rotatable bonds is 2. The van der Waals surface area contributed by atoms with E-state index in [4.69, 9.17) is 27.6 Å². The van der Waals surface area contributed by atoms with E-state index in [-0.39, 0.29) is 33.3 Å². The molecule has 21 heavy (non-hydrogen) atoms. The summed E-state index contributed by atoms with van der Waals surface area (Å²) < 4.78 is 5.53. The molecule has 0 atom stereocenters. The quantitative estimate of drug-likeness (QED) is 0.741. The van der Waals surface area contributed by atoms with E-state index in [2.05, 4.69) is 10.2 Å². The fourth-order valence-corrected chi connectivity index (χ4v) is 2.27. The van der Waals surface area contributed by atoms with Crippen molar-refractivity contribution in [3.63, 3.8) is 0 Å². The van der Waals surface area contributed by atoms with Crippen LogP contribution in [0.4, 0.5) is 0 Å². The summed E-state index contributed by atoms with van der Waals surface area (Å²) in [5, 5.41) is 27.0. The normalized spacial score (nSPS) is 10.8. The van der Waals surface area contributed by atoms with E-state index in [9.17, 15) is 10.2 Å². The predicted octanol–water partition coefficient (Wildman–Crippen LogP) is 4.12. The Morgan fingerprint density at radius 3 is 2.10 bits per heavy atom. The third kappa shape index (κ3) is 2.66.